The highest BCUT2D eigenvalue weighted by atomic mass is 16.3. The van der Waals surface area contributed by atoms with Gasteiger partial charge in [-0.15, -0.1) is 13.2 Å². The molecule has 0 heterocycles. The van der Waals surface area contributed by atoms with E-state index in [-0.39, 0.29) is 0 Å². The predicted octanol–water partition coefficient (Wildman–Crippen LogP) is 2.67. The molecule has 0 saturated heterocycles. The normalized spacial score (nSPS) is 11.1. The van der Waals surface area contributed by atoms with E-state index in [2.05, 4.69) is 20.1 Å². The first-order valence-electron chi connectivity index (χ1n) is 4.12. The van der Waals surface area contributed by atoms with Crippen LogP contribution in [0.1, 0.15) is 32.6 Å². The SMILES string of the molecule is C=CCC(O)(CC=C)CCC. The Balaban J connectivity index is 3.98. The maximum atomic E-state index is 9.87. The van der Waals surface area contributed by atoms with Crippen molar-refractivity contribution in [3.63, 3.8) is 0 Å². The molecule has 0 atom stereocenters. The van der Waals surface area contributed by atoms with E-state index in [9.17, 15) is 5.11 Å². The summed E-state index contributed by atoms with van der Waals surface area (Å²) in [6.07, 6.45) is 6.67. The second-order valence-corrected chi connectivity index (χ2v) is 2.96. The summed E-state index contributed by atoms with van der Waals surface area (Å²) in [6.45, 7) is 9.30. The lowest BCUT2D eigenvalue weighted by molar-refractivity contribution is 0.0367. The van der Waals surface area contributed by atoms with Crippen LogP contribution in [0.25, 0.3) is 0 Å². The largest absolute Gasteiger partial charge is 0.389 e. The van der Waals surface area contributed by atoms with Gasteiger partial charge in [-0.25, -0.2) is 0 Å². The second kappa shape index (κ2) is 5.14. The molecule has 0 fully saturated rings. The van der Waals surface area contributed by atoms with E-state index in [1.807, 2.05) is 0 Å². The van der Waals surface area contributed by atoms with Crippen LogP contribution in [-0.4, -0.2) is 10.7 Å². The van der Waals surface area contributed by atoms with E-state index in [4.69, 9.17) is 0 Å². The number of hydrogen-bond donors (Lipinski definition) is 1. The molecular formula is C10H18O. The van der Waals surface area contributed by atoms with Crippen molar-refractivity contribution in [2.75, 3.05) is 0 Å². The van der Waals surface area contributed by atoms with Crippen molar-refractivity contribution in [2.24, 2.45) is 0 Å². The van der Waals surface area contributed by atoms with E-state index < -0.39 is 5.60 Å². The maximum absolute atomic E-state index is 9.87. The van der Waals surface area contributed by atoms with Crippen LogP contribution in [0, 0.1) is 0 Å². The third-order valence-corrected chi connectivity index (χ3v) is 1.76. The average molecular weight is 154 g/mol. The smallest absolute Gasteiger partial charge is 0.0716 e. The lowest BCUT2D eigenvalue weighted by atomic mass is 9.91. The van der Waals surface area contributed by atoms with E-state index in [1.54, 1.807) is 12.2 Å². The van der Waals surface area contributed by atoms with Crippen LogP contribution in [-0.2, 0) is 0 Å². The standard InChI is InChI=1S/C10H18O/c1-4-7-10(11,8-5-2)9-6-3/h4-5,11H,1-2,6-9H2,3H3. The Morgan fingerprint density at radius 3 is 2.00 bits per heavy atom. The summed E-state index contributed by atoms with van der Waals surface area (Å²) in [5, 5.41) is 9.87. The quantitative estimate of drug-likeness (QED) is 0.583. The molecule has 0 saturated carbocycles. The van der Waals surface area contributed by atoms with Gasteiger partial charge in [0.15, 0.2) is 0 Å². The highest BCUT2D eigenvalue weighted by Gasteiger charge is 2.21. The summed E-state index contributed by atoms with van der Waals surface area (Å²) >= 11 is 0. The van der Waals surface area contributed by atoms with Crippen LogP contribution in [0.2, 0.25) is 0 Å². The zero-order valence-electron chi connectivity index (χ0n) is 7.34. The molecule has 0 unspecified atom stereocenters. The molecule has 1 N–H and O–H groups in total. The predicted molar refractivity (Wildman–Crippen MR) is 49.5 cm³/mol. The van der Waals surface area contributed by atoms with Gasteiger partial charge in [0, 0.05) is 0 Å². The number of rotatable bonds is 6. The van der Waals surface area contributed by atoms with Gasteiger partial charge in [0.25, 0.3) is 0 Å². The topological polar surface area (TPSA) is 20.2 Å². The zero-order valence-corrected chi connectivity index (χ0v) is 7.34. The van der Waals surface area contributed by atoms with E-state index in [0.717, 1.165) is 12.8 Å². The first-order chi connectivity index (χ1) is 5.18. The van der Waals surface area contributed by atoms with Crippen LogP contribution in [0.5, 0.6) is 0 Å². The molecule has 0 amide bonds. The minimum atomic E-state index is -0.585. The summed E-state index contributed by atoms with van der Waals surface area (Å²) < 4.78 is 0. The highest BCUT2D eigenvalue weighted by molar-refractivity contribution is 4.91. The molecule has 0 rings (SSSR count). The van der Waals surface area contributed by atoms with Gasteiger partial charge in [-0.3, -0.25) is 0 Å². The van der Waals surface area contributed by atoms with Gasteiger partial charge in [-0.2, -0.15) is 0 Å². The minimum Gasteiger partial charge on any atom is -0.389 e. The molecule has 0 aromatic heterocycles. The van der Waals surface area contributed by atoms with Crippen molar-refractivity contribution < 1.29 is 5.11 Å². The Labute approximate surface area is 69.4 Å². The first kappa shape index (κ1) is 10.4. The third kappa shape index (κ3) is 3.99. The summed E-state index contributed by atoms with van der Waals surface area (Å²) in [5.74, 6) is 0. The number of aliphatic hydroxyl groups is 1. The second-order valence-electron chi connectivity index (χ2n) is 2.96. The Kier molecular flexibility index (Phi) is 4.88. The van der Waals surface area contributed by atoms with Crippen molar-refractivity contribution in [3.8, 4) is 0 Å². The Bertz CT molecular complexity index is 117. The molecule has 0 radical (unpaired) electrons. The average Bonchev–Trinajstić information content (AvgIpc) is 1.88. The Morgan fingerprint density at radius 2 is 1.73 bits per heavy atom. The van der Waals surface area contributed by atoms with E-state index >= 15 is 0 Å². The molecule has 0 aromatic rings. The monoisotopic (exact) mass is 154 g/mol. The summed E-state index contributed by atoms with van der Waals surface area (Å²) in [4.78, 5) is 0. The van der Waals surface area contributed by atoms with Crippen molar-refractivity contribution in [3.05, 3.63) is 25.3 Å². The molecule has 1 nitrogen and oxygen atoms in total. The fourth-order valence-corrected chi connectivity index (χ4v) is 1.29. The number of hydrogen-bond acceptors (Lipinski definition) is 1. The van der Waals surface area contributed by atoms with Crippen LogP contribution >= 0.6 is 0 Å². The molecule has 0 aliphatic carbocycles. The zero-order chi connectivity index (χ0) is 8.74. The van der Waals surface area contributed by atoms with Gasteiger partial charge >= 0.3 is 0 Å². The molecular weight excluding hydrogens is 136 g/mol. The maximum Gasteiger partial charge on any atom is 0.0716 e. The van der Waals surface area contributed by atoms with Gasteiger partial charge in [0.2, 0.25) is 0 Å². The molecule has 0 spiro atoms. The molecule has 0 aliphatic rings. The summed E-state index contributed by atoms with van der Waals surface area (Å²) in [5.41, 5.74) is -0.585. The molecule has 11 heavy (non-hydrogen) atoms. The van der Waals surface area contributed by atoms with E-state index in [0.29, 0.717) is 12.8 Å². The molecule has 64 valence electrons. The lowest BCUT2D eigenvalue weighted by Crippen LogP contribution is -2.26. The van der Waals surface area contributed by atoms with Crippen molar-refractivity contribution in [2.45, 2.75) is 38.2 Å². The van der Waals surface area contributed by atoms with Crippen LogP contribution < -0.4 is 0 Å². The van der Waals surface area contributed by atoms with Crippen LogP contribution in [0.3, 0.4) is 0 Å². The Morgan fingerprint density at radius 1 is 1.27 bits per heavy atom. The highest BCUT2D eigenvalue weighted by Crippen LogP contribution is 2.22. The van der Waals surface area contributed by atoms with Gasteiger partial charge in [-0.1, -0.05) is 25.5 Å². The summed E-state index contributed by atoms with van der Waals surface area (Å²) in [7, 11) is 0. The summed E-state index contributed by atoms with van der Waals surface area (Å²) in [6, 6.07) is 0. The van der Waals surface area contributed by atoms with Crippen LogP contribution in [0.4, 0.5) is 0 Å². The fourth-order valence-electron chi connectivity index (χ4n) is 1.29. The van der Waals surface area contributed by atoms with Crippen molar-refractivity contribution in [1.82, 2.24) is 0 Å². The molecule has 0 aliphatic heterocycles. The lowest BCUT2D eigenvalue weighted by Gasteiger charge is -2.24. The van der Waals surface area contributed by atoms with Crippen LogP contribution in [0.15, 0.2) is 25.3 Å². The third-order valence-electron chi connectivity index (χ3n) is 1.76. The van der Waals surface area contributed by atoms with Gasteiger partial charge in [0.05, 0.1) is 5.60 Å². The Hall–Kier alpha value is -0.560. The van der Waals surface area contributed by atoms with Crippen molar-refractivity contribution in [1.29, 1.82) is 0 Å². The van der Waals surface area contributed by atoms with Gasteiger partial charge in [-0.05, 0) is 19.3 Å². The molecule has 0 aromatic carbocycles. The van der Waals surface area contributed by atoms with Gasteiger partial charge < -0.3 is 5.11 Å². The minimum absolute atomic E-state index is 0.585. The molecule has 0 bridgehead atoms. The fraction of sp³-hybridized carbons (Fsp3) is 0.600. The first-order valence-corrected chi connectivity index (χ1v) is 4.12. The van der Waals surface area contributed by atoms with E-state index in [1.165, 1.54) is 0 Å². The van der Waals surface area contributed by atoms with Crippen molar-refractivity contribution >= 4 is 0 Å². The van der Waals surface area contributed by atoms with Gasteiger partial charge in [0.1, 0.15) is 0 Å². The molecule has 1 heteroatoms.